The van der Waals surface area contributed by atoms with E-state index in [0.717, 1.165) is 0 Å². The fraction of sp³-hybridized carbons (Fsp3) is 0.389. The lowest BCUT2D eigenvalue weighted by Crippen LogP contribution is -2.51. The standard InChI is InChI=1S/C18H20Cl2N2O5/c1-3-13-16(17(24)26-4-2)14(22-18(25)21-13)9-27-15(23)8-10-5-6-11(19)12(20)7-10/h5-7,13H,3-4,8-9H2,1-2H3,(H2,21,22,25)/t13-/m0/s1. The molecule has 0 fully saturated rings. The van der Waals surface area contributed by atoms with Crippen LogP contribution in [-0.4, -0.2) is 37.2 Å². The maximum atomic E-state index is 12.3. The largest absolute Gasteiger partial charge is 0.463 e. The molecule has 0 radical (unpaired) electrons. The van der Waals surface area contributed by atoms with Crippen molar-refractivity contribution in [3.05, 3.63) is 45.1 Å². The van der Waals surface area contributed by atoms with Gasteiger partial charge in [-0.3, -0.25) is 4.79 Å². The third kappa shape index (κ3) is 5.61. The second-order valence-electron chi connectivity index (χ2n) is 5.76. The number of hydrogen-bond acceptors (Lipinski definition) is 5. The van der Waals surface area contributed by atoms with Crippen molar-refractivity contribution in [1.29, 1.82) is 0 Å². The molecule has 0 bridgehead atoms. The van der Waals surface area contributed by atoms with Gasteiger partial charge in [-0.05, 0) is 31.0 Å². The van der Waals surface area contributed by atoms with Crippen molar-refractivity contribution in [3.8, 4) is 0 Å². The molecule has 1 atom stereocenters. The van der Waals surface area contributed by atoms with E-state index in [1.54, 1.807) is 25.1 Å². The Morgan fingerprint density at radius 2 is 1.89 bits per heavy atom. The van der Waals surface area contributed by atoms with Crippen LogP contribution in [0.3, 0.4) is 0 Å². The van der Waals surface area contributed by atoms with E-state index in [-0.39, 0.29) is 30.9 Å². The van der Waals surface area contributed by atoms with E-state index in [1.807, 2.05) is 6.92 Å². The third-order valence-corrected chi connectivity index (χ3v) is 4.60. The van der Waals surface area contributed by atoms with Gasteiger partial charge in [0.05, 0.1) is 40.4 Å². The van der Waals surface area contributed by atoms with Crippen molar-refractivity contribution in [2.75, 3.05) is 13.2 Å². The Hall–Kier alpha value is -2.25. The first-order chi connectivity index (χ1) is 12.8. The minimum atomic E-state index is -0.563. The molecule has 1 aliphatic heterocycles. The summed E-state index contributed by atoms with van der Waals surface area (Å²) in [6.07, 6.45) is 0.463. The number of carbonyl (C=O) groups excluding carboxylic acids is 3. The molecule has 1 aliphatic rings. The van der Waals surface area contributed by atoms with Gasteiger partial charge in [-0.1, -0.05) is 36.2 Å². The number of ether oxygens (including phenoxy) is 2. The first-order valence-corrected chi connectivity index (χ1v) is 9.18. The Labute approximate surface area is 167 Å². The van der Waals surface area contributed by atoms with Crippen molar-refractivity contribution in [3.63, 3.8) is 0 Å². The number of urea groups is 1. The molecule has 0 aliphatic carbocycles. The van der Waals surface area contributed by atoms with Gasteiger partial charge in [-0.2, -0.15) is 0 Å². The Morgan fingerprint density at radius 1 is 1.15 bits per heavy atom. The predicted octanol–water partition coefficient (Wildman–Crippen LogP) is 2.99. The number of carbonyl (C=O) groups is 3. The summed E-state index contributed by atoms with van der Waals surface area (Å²) in [6, 6.07) is 3.85. The fourth-order valence-corrected chi connectivity index (χ4v) is 2.92. The zero-order valence-corrected chi connectivity index (χ0v) is 16.4. The third-order valence-electron chi connectivity index (χ3n) is 3.86. The molecule has 2 rings (SSSR count). The molecule has 9 heteroatoms. The van der Waals surface area contributed by atoms with Crippen LogP contribution in [0, 0.1) is 0 Å². The molecule has 2 amide bonds. The lowest BCUT2D eigenvalue weighted by molar-refractivity contribution is -0.143. The van der Waals surface area contributed by atoms with E-state index in [2.05, 4.69) is 10.6 Å². The van der Waals surface area contributed by atoms with Gasteiger partial charge < -0.3 is 20.1 Å². The Kier molecular flexibility index (Phi) is 7.50. The van der Waals surface area contributed by atoms with Crippen LogP contribution in [0.25, 0.3) is 0 Å². The minimum Gasteiger partial charge on any atom is -0.463 e. The minimum absolute atomic E-state index is 0.0255. The lowest BCUT2D eigenvalue weighted by Gasteiger charge is -2.28. The Bertz CT molecular complexity index is 779. The van der Waals surface area contributed by atoms with Crippen molar-refractivity contribution in [2.24, 2.45) is 0 Å². The van der Waals surface area contributed by atoms with E-state index < -0.39 is 24.0 Å². The highest BCUT2D eigenvalue weighted by molar-refractivity contribution is 6.42. The van der Waals surface area contributed by atoms with E-state index in [4.69, 9.17) is 32.7 Å². The highest BCUT2D eigenvalue weighted by Crippen LogP contribution is 2.23. The summed E-state index contributed by atoms with van der Waals surface area (Å²) in [5, 5.41) is 5.90. The lowest BCUT2D eigenvalue weighted by atomic mass is 10.0. The highest BCUT2D eigenvalue weighted by atomic mass is 35.5. The molecular weight excluding hydrogens is 395 g/mol. The summed E-state index contributed by atoms with van der Waals surface area (Å²) in [5.74, 6) is -1.10. The Balaban J connectivity index is 2.11. The number of hydrogen-bond donors (Lipinski definition) is 2. The maximum absolute atomic E-state index is 12.3. The fourth-order valence-electron chi connectivity index (χ4n) is 2.60. The first kappa shape index (κ1) is 21.1. The average molecular weight is 415 g/mol. The summed E-state index contributed by atoms with van der Waals surface area (Å²) in [5.41, 5.74) is 1.10. The van der Waals surface area contributed by atoms with Crippen LogP contribution in [0.5, 0.6) is 0 Å². The number of nitrogens with one attached hydrogen (secondary N) is 2. The molecule has 146 valence electrons. The predicted molar refractivity (Wildman–Crippen MR) is 101 cm³/mol. The van der Waals surface area contributed by atoms with E-state index >= 15 is 0 Å². The summed E-state index contributed by atoms with van der Waals surface area (Å²) < 4.78 is 10.3. The van der Waals surface area contributed by atoms with Gasteiger partial charge in [-0.15, -0.1) is 0 Å². The molecule has 0 spiro atoms. The van der Waals surface area contributed by atoms with Crippen LogP contribution >= 0.6 is 23.2 Å². The number of rotatable bonds is 7. The summed E-state index contributed by atoms with van der Waals surface area (Å²) in [7, 11) is 0. The molecule has 27 heavy (non-hydrogen) atoms. The normalized spacial score (nSPS) is 16.4. The average Bonchev–Trinajstić information content (AvgIpc) is 2.62. The molecule has 1 aromatic carbocycles. The topological polar surface area (TPSA) is 93.7 Å². The summed E-state index contributed by atoms with van der Waals surface area (Å²) in [4.78, 5) is 36.2. The number of benzene rings is 1. The van der Waals surface area contributed by atoms with E-state index in [0.29, 0.717) is 22.0 Å². The van der Waals surface area contributed by atoms with Crippen LogP contribution in [0.4, 0.5) is 4.79 Å². The van der Waals surface area contributed by atoms with Crippen LogP contribution in [0.1, 0.15) is 25.8 Å². The van der Waals surface area contributed by atoms with Gasteiger partial charge >= 0.3 is 18.0 Å². The van der Waals surface area contributed by atoms with Crippen LogP contribution < -0.4 is 10.6 Å². The van der Waals surface area contributed by atoms with Crippen LogP contribution in [0.15, 0.2) is 29.5 Å². The second kappa shape index (κ2) is 9.62. The van der Waals surface area contributed by atoms with E-state index in [9.17, 15) is 14.4 Å². The van der Waals surface area contributed by atoms with Crippen LogP contribution in [0.2, 0.25) is 10.0 Å². The van der Waals surface area contributed by atoms with Crippen molar-refractivity contribution < 1.29 is 23.9 Å². The zero-order valence-electron chi connectivity index (χ0n) is 14.9. The number of esters is 2. The van der Waals surface area contributed by atoms with Gasteiger partial charge in [0.15, 0.2) is 0 Å². The van der Waals surface area contributed by atoms with Crippen molar-refractivity contribution in [1.82, 2.24) is 10.6 Å². The van der Waals surface area contributed by atoms with Gasteiger partial charge in [0.2, 0.25) is 0 Å². The zero-order chi connectivity index (χ0) is 20.0. The molecule has 0 saturated carbocycles. The van der Waals surface area contributed by atoms with Crippen molar-refractivity contribution >= 4 is 41.2 Å². The molecule has 7 nitrogen and oxygen atoms in total. The van der Waals surface area contributed by atoms with Crippen LogP contribution in [-0.2, 0) is 25.5 Å². The molecule has 0 saturated heterocycles. The van der Waals surface area contributed by atoms with Gasteiger partial charge in [0, 0.05) is 0 Å². The quantitative estimate of drug-likeness (QED) is 0.668. The molecule has 1 aromatic rings. The summed E-state index contributed by atoms with van der Waals surface area (Å²) in [6.45, 7) is 3.45. The highest BCUT2D eigenvalue weighted by Gasteiger charge is 2.31. The molecular formula is C18H20Cl2N2O5. The maximum Gasteiger partial charge on any atom is 0.338 e. The monoisotopic (exact) mass is 414 g/mol. The van der Waals surface area contributed by atoms with E-state index in [1.165, 1.54) is 0 Å². The molecule has 1 heterocycles. The van der Waals surface area contributed by atoms with Crippen molar-refractivity contribution in [2.45, 2.75) is 32.7 Å². The van der Waals surface area contributed by atoms with Gasteiger partial charge in [0.25, 0.3) is 0 Å². The Morgan fingerprint density at radius 3 is 2.52 bits per heavy atom. The molecule has 0 aromatic heterocycles. The number of halogens is 2. The second-order valence-corrected chi connectivity index (χ2v) is 6.57. The SMILES string of the molecule is CCOC(=O)C1=C(COC(=O)Cc2ccc(Cl)c(Cl)c2)NC(=O)N[C@H]1CC. The van der Waals surface area contributed by atoms with Gasteiger partial charge in [0.1, 0.15) is 6.61 Å². The van der Waals surface area contributed by atoms with Gasteiger partial charge in [-0.25, -0.2) is 9.59 Å². The summed E-state index contributed by atoms with van der Waals surface area (Å²) >= 11 is 11.8. The smallest absolute Gasteiger partial charge is 0.338 e. The first-order valence-electron chi connectivity index (χ1n) is 8.42. The molecule has 0 unspecified atom stereocenters. The molecule has 2 N–H and O–H groups in total. The number of amides is 2.